The van der Waals surface area contributed by atoms with Gasteiger partial charge >= 0.3 is 0 Å². The lowest BCUT2D eigenvalue weighted by Gasteiger charge is -2.00. The van der Waals surface area contributed by atoms with Gasteiger partial charge < -0.3 is 10.7 Å². The minimum atomic E-state index is 0.418. The van der Waals surface area contributed by atoms with Crippen molar-refractivity contribution in [3.8, 4) is 11.3 Å². The molecule has 0 unspecified atom stereocenters. The average Bonchev–Trinajstić information content (AvgIpc) is 3.07. The minimum Gasteiger partial charge on any atom is -0.360 e. The molecule has 5 nitrogen and oxygen atoms in total. The maximum Gasteiger partial charge on any atom is 0.234 e. The predicted molar refractivity (Wildman–Crippen MR) is 78.2 cm³/mol. The number of para-hydroxylation sites is 1. The van der Waals surface area contributed by atoms with Gasteiger partial charge in [0.15, 0.2) is 0 Å². The lowest BCUT2D eigenvalue weighted by molar-refractivity contribution is 0.949. The summed E-state index contributed by atoms with van der Waals surface area (Å²) in [6.45, 7) is 0.418. The molecule has 4 aromatic rings. The molecule has 0 aliphatic rings. The predicted octanol–water partition coefficient (Wildman–Crippen LogP) is 2.34. The molecule has 0 bridgehead atoms. The van der Waals surface area contributed by atoms with E-state index in [0.29, 0.717) is 12.3 Å². The average molecular weight is 263 g/mol. The molecular weight excluding hydrogens is 250 g/mol. The van der Waals surface area contributed by atoms with Gasteiger partial charge in [-0.1, -0.05) is 18.2 Å². The van der Waals surface area contributed by atoms with Crippen LogP contribution in [0.4, 0.5) is 0 Å². The van der Waals surface area contributed by atoms with Crippen LogP contribution in [0.2, 0.25) is 0 Å². The molecule has 3 N–H and O–H groups in total. The molecule has 0 aliphatic carbocycles. The Morgan fingerprint density at radius 1 is 1.20 bits per heavy atom. The smallest absolute Gasteiger partial charge is 0.234 e. The van der Waals surface area contributed by atoms with Crippen LogP contribution < -0.4 is 5.73 Å². The van der Waals surface area contributed by atoms with E-state index in [-0.39, 0.29) is 0 Å². The lowest BCUT2D eigenvalue weighted by atomic mass is 10.1. The summed E-state index contributed by atoms with van der Waals surface area (Å²) in [5.41, 5.74) is 9.93. The summed E-state index contributed by atoms with van der Waals surface area (Å²) < 4.78 is 1.94. The molecule has 0 atom stereocenters. The number of nitrogens with one attached hydrogen (secondary N) is 1. The molecule has 20 heavy (non-hydrogen) atoms. The zero-order chi connectivity index (χ0) is 13.5. The fourth-order valence-electron chi connectivity index (χ4n) is 2.61. The van der Waals surface area contributed by atoms with Gasteiger partial charge in [0.25, 0.3) is 0 Å². The third-order valence-corrected chi connectivity index (χ3v) is 3.54. The Balaban J connectivity index is 2.07. The van der Waals surface area contributed by atoms with Gasteiger partial charge in [0.1, 0.15) is 0 Å². The third kappa shape index (κ3) is 1.47. The van der Waals surface area contributed by atoms with Crippen molar-refractivity contribution in [2.45, 2.75) is 6.54 Å². The molecular formula is C15H13N5. The van der Waals surface area contributed by atoms with Crippen molar-refractivity contribution in [3.05, 3.63) is 54.6 Å². The normalized spacial score (nSPS) is 11.4. The van der Waals surface area contributed by atoms with Crippen LogP contribution in [0.15, 0.2) is 48.9 Å². The molecule has 0 amide bonds. The monoisotopic (exact) mass is 263 g/mol. The summed E-state index contributed by atoms with van der Waals surface area (Å²) in [6.07, 6.45) is 5.66. The Hall–Kier alpha value is -2.66. The van der Waals surface area contributed by atoms with Crippen LogP contribution in [0.3, 0.4) is 0 Å². The fraction of sp³-hybridized carbons (Fsp3) is 0.0667. The standard InChI is InChI=1S/C15H13N5/c16-8-13-14(19-15-17-6-3-7-20(13)15)11-9-18-12-5-2-1-4-10(11)12/h1-7,9,18H,8,16H2. The number of nitrogens with zero attached hydrogens (tertiary/aromatic N) is 3. The summed E-state index contributed by atoms with van der Waals surface area (Å²) in [4.78, 5) is 12.2. The Bertz CT molecular complexity index is 903. The number of aromatic amines is 1. The number of nitrogens with two attached hydrogens (primary N) is 1. The van der Waals surface area contributed by atoms with Crippen molar-refractivity contribution in [1.29, 1.82) is 0 Å². The highest BCUT2D eigenvalue weighted by molar-refractivity contribution is 5.95. The van der Waals surface area contributed by atoms with Crippen LogP contribution in [0.25, 0.3) is 27.9 Å². The fourth-order valence-corrected chi connectivity index (χ4v) is 2.61. The Morgan fingerprint density at radius 2 is 2.10 bits per heavy atom. The number of rotatable bonds is 2. The first-order valence-corrected chi connectivity index (χ1v) is 6.47. The van der Waals surface area contributed by atoms with Crippen LogP contribution in [0, 0.1) is 0 Å². The van der Waals surface area contributed by atoms with Gasteiger partial charge in [0.05, 0.1) is 11.4 Å². The SMILES string of the molecule is NCc1c(-c2c[nH]c3ccccc23)nc2ncccn12. The van der Waals surface area contributed by atoms with Crippen LogP contribution in [0.1, 0.15) is 5.69 Å². The number of fused-ring (bicyclic) bond motifs is 2. The second-order valence-corrected chi connectivity index (χ2v) is 4.65. The highest BCUT2D eigenvalue weighted by Crippen LogP contribution is 2.30. The van der Waals surface area contributed by atoms with E-state index in [1.165, 1.54) is 0 Å². The first-order chi connectivity index (χ1) is 9.88. The maximum absolute atomic E-state index is 5.91. The molecule has 0 fully saturated rings. The van der Waals surface area contributed by atoms with E-state index in [2.05, 4.69) is 27.1 Å². The quantitative estimate of drug-likeness (QED) is 0.583. The number of imidazole rings is 1. The van der Waals surface area contributed by atoms with E-state index in [9.17, 15) is 0 Å². The molecule has 0 radical (unpaired) electrons. The Labute approximate surface area is 115 Å². The summed E-state index contributed by atoms with van der Waals surface area (Å²) in [5, 5.41) is 1.14. The summed E-state index contributed by atoms with van der Waals surface area (Å²) >= 11 is 0. The molecule has 3 aromatic heterocycles. The van der Waals surface area contributed by atoms with Crippen molar-refractivity contribution < 1.29 is 0 Å². The number of benzene rings is 1. The van der Waals surface area contributed by atoms with Crippen molar-refractivity contribution in [2.24, 2.45) is 5.73 Å². The molecule has 0 aliphatic heterocycles. The Kier molecular flexibility index (Phi) is 2.34. The van der Waals surface area contributed by atoms with Gasteiger partial charge in [0.2, 0.25) is 5.78 Å². The number of hydrogen-bond acceptors (Lipinski definition) is 3. The minimum absolute atomic E-state index is 0.418. The van der Waals surface area contributed by atoms with Crippen molar-refractivity contribution in [3.63, 3.8) is 0 Å². The largest absolute Gasteiger partial charge is 0.360 e. The van der Waals surface area contributed by atoms with Crippen molar-refractivity contribution in [1.82, 2.24) is 19.4 Å². The van der Waals surface area contributed by atoms with Gasteiger partial charge in [-0.15, -0.1) is 0 Å². The van der Waals surface area contributed by atoms with Gasteiger partial charge in [-0.05, 0) is 12.1 Å². The zero-order valence-electron chi connectivity index (χ0n) is 10.7. The summed E-state index contributed by atoms with van der Waals surface area (Å²) in [5.74, 6) is 0.674. The van der Waals surface area contributed by atoms with Crippen LogP contribution >= 0.6 is 0 Å². The number of H-pyrrole nitrogens is 1. The third-order valence-electron chi connectivity index (χ3n) is 3.54. The van der Waals surface area contributed by atoms with Gasteiger partial charge in [0, 0.05) is 41.6 Å². The molecule has 0 saturated heterocycles. The summed E-state index contributed by atoms with van der Waals surface area (Å²) in [7, 11) is 0. The second kappa shape index (κ2) is 4.18. The maximum atomic E-state index is 5.91. The van der Waals surface area contributed by atoms with Gasteiger partial charge in [-0.25, -0.2) is 9.97 Å². The Morgan fingerprint density at radius 3 is 3.00 bits per heavy atom. The van der Waals surface area contributed by atoms with Gasteiger partial charge in [-0.3, -0.25) is 4.40 Å². The lowest BCUT2D eigenvalue weighted by Crippen LogP contribution is -2.02. The van der Waals surface area contributed by atoms with Crippen molar-refractivity contribution in [2.75, 3.05) is 0 Å². The summed E-state index contributed by atoms with van der Waals surface area (Å²) in [6, 6.07) is 10.0. The molecule has 5 heteroatoms. The van der Waals surface area contributed by atoms with E-state index in [4.69, 9.17) is 5.73 Å². The van der Waals surface area contributed by atoms with E-state index < -0.39 is 0 Å². The van der Waals surface area contributed by atoms with Crippen LogP contribution in [-0.2, 0) is 6.54 Å². The first kappa shape index (κ1) is 11.2. The second-order valence-electron chi connectivity index (χ2n) is 4.65. The van der Waals surface area contributed by atoms with Gasteiger partial charge in [-0.2, -0.15) is 0 Å². The highest BCUT2D eigenvalue weighted by Gasteiger charge is 2.16. The zero-order valence-corrected chi connectivity index (χ0v) is 10.7. The van der Waals surface area contributed by atoms with E-state index in [0.717, 1.165) is 27.9 Å². The molecule has 1 aromatic carbocycles. The van der Waals surface area contributed by atoms with E-state index in [1.54, 1.807) is 6.20 Å². The molecule has 98 valence electrons. The van der Waals surface area contributed by atoms with Crippen molar-refractivity contribution >= 4 is 16.7 Å². The topological polar surface area (TPSA) is 72.0 Å². The molecule has 0 spiro atoms. The molecule has 0 saturated carbocycles. The highest BCUT2D eigenvalue weighted by atomic mass is 15.1. The van der Waals surface area contributed by atoms with E-state index in [1.807, 2.05) is 35.0 Å². The van der Waals surface area contributed by atoms with Crippen LogP contribution in [0.5, 0.6) is 0 Å². The van der Waals surface area contributed by atoms with Crippen LogP contribution in [-0.4, -0.2) is 19.4 Å². The molecule has 3 heterocycles. The van der Waals surface area contributed by atoms with E-state index >= 15 is 0 Å². The molecule has 4 rings (SSSR count). The number of hydrogen-bond donors (Lipinski definition) is 2. The number of aromatic nitrogens is 4. The first-order valence-electron chi connectivity index (χ1n) is 6.47.